The lowest BCUT2D eigenvalue weighted by atomic mass is 10.0. The molecule has 3 rings (SSSR count). The monoisotopic (exact) mass is 337 g/mol. The number of carbonyl (C=O) groups is 1. The number of carbonyl (C=O) groups excluding carboxylic acids is 1. The van der Waals surface area contributed by atoms with Gasteiger partial charge in [-0.2, -0.15) is 0 Å². The SMILES string of the molecule is O=C(Nc1nc2c(s1)CCCC2)c1cccnc1Br. The number of anilines is 1. The fourth-order valence-corrected chi connectivity index (χ4v) is 3.60. The van der Waals surface area contributed by atoms with Gasteiger partial charge < -0.3 is 0 Å². The van der Waals surface area contributed by atoms with E-state index in [1.54, 1.807) is 29.7 Å². The number of thiazole rings is 1. The summed E-state index contributed by atoms with van der Waals surface area (Å²) in [5.41, 5.74) is 1.67. The first-order valence-electron chi connectivity index (χ1n) is 6.14. The van der Waals surface area contributed by atoms with Crippen LogP contribution in [0.5, 0.6) is 0 Å². The van der Waals surface area contributed by atoms with Gasteiger partial charge in [0, 0.05) is 11.1 Å². The maximum Gasteiger partial charge on any atom is 0.260 e. The van der Waals surface area contributed by atoms with Crippen molar-refractivity contribution in [3.8, 4) is 0 Å². The molecule has 0 aliphatic heterocycles. The minimum absolute atomic E-state index is 0.175. The van der Waals surface area contributed by atoms with E-state index in [-0.39, 0.29) is 5.91 Å². The molecule has 0 radical (unpaired) electrons. The Hall–Kier alpha value is -1.27. The highest BCUT2D eigenvalue weighted by Gasteiger charge is 2.17. The Morgan fingerprint density at radius 2 is 2.21 bits per heavy atom. The van der Waals surface area contributed by atoms with Crippen LogP contribution in [0, 0.1) is 0 Å². The molecule has 0 fully saturated rings. The highest BCUT2D eigenvalue weighted by atomic mass is 79.9. The summed E-state index contributed by atoms with van der Waals surface area (Å²) in [6.45, 7) is 0. The number of amides is 1. The normalized spacial score (nSPS) is 13.9. The average Bonchev–Trinajstić information content (AvgIpc) is 2.81. The summed E-state index contributed by atoms with van der Waals surface area (Å²) in [4.78, 5) is 22.0. The van der Waals surface area contributed by atoms with Gasteiger partial charge in [0.2, 0.25) is 0 Å². The molecule has 4 nitrogen and oxygen atoms in total. The van der Waals surface area contributed by atoms with Crippen LogP contribution in [-0.4, -0.2) is 15.9 Å². The largest absolute Gasteiger partial charge is 0.298 e. The van der Waals surface area contributed by atoms with Crippen molar-refractivity contribution < 1.29 is 4.79 Å². The minimum atomic E-state index is -0.175. The van der Waals surface area contributed by atoms with Crippen molar-refractivity contribution in [2.75, 3.05) is 5.32 Å². The van der Waals surface area contributed by atoms with Crippen LogP contribution in [-0.2, 0) is 12.8 Å². The summed E-state index contributed by atoms with van der Waals surface area (Å²) < 4.78 is 0.550. The first-order valence-corrected chi connectivity index (χ1v) is 7.75. The number of hydrogen-bond acceptors (Lipinski definition) is 4. The summed E-state index contributed by atoms with van der Waals surface area (Å²) in [5.74, 6) is -0.175. The maximum atomic E-state index is 12.1. The number of pyridine rings is 1. The molecular formula is C13H12BrN3OS. The van der Waals surface area contributed by atoms with E-state index in [2.05, 4.69) is 31.2 Å². The van der Waals surface area contributed by atoms with Crippen LogP contribution in [0.15, 0.2) is 22.9 Å². The standard InChI is InChI=1S/C13H12BrN3OS/c14-11-8(4-3-7-15-11)12(18)17-13-16-9-5-1-2-6-10(9)19-13/h3-4,7H,1-2,5-6H2,(H,16,17,18). The van der Waals surface area contributed by atoms with Gasteiger partial charge in [0.25, 0.3) is 5.91 Å². The van der Waals surface area contributed by atoms with Gasteiger partial charge in [0.05, 0.1) is 11.3 Å². The number of nitrogens with zero attached hydrogens (tertiary/aromatic N) is 2. The van der Waals surface area contributed by atoms with E-state index in [9.17, 15) is 4.79 Å². The Labute approximate surface area is 123 Å². The number of aryl methyl sites for hydroxylation is 2. The molecule has 0 spiro atoms. The summed E-state index contributed by atoms with van der Waals surface area (Å²) >= 11 is 4.86. The van der Waals surface area contributed by atoms with Gasteiger partial charge in [-0.15, -0.1) is 11.3 Å². The zero-order valence-corrected chi connectivity index (χ0v) is 12.6. The highest BCUT2D eigenvalue weighted by molar-refractivity contribution is 9.10. The smallest absolute Gasteiger partial charge is 0.260 e. The molecule has 1 amide bonds. The fourth-order valence-electron chi connectivity index (χ4n) is 2.13. The van der Waals surface area contributed by atoms with Gasteiger partial charge in [0.1, 0.15) is 4.60 Å². The van der Waals surface area contributed by atoms with E-state index in [0.29, 0.717) is 15.3 Å². The second kappa shape index (κ2) is 5.38. The molecule has 2 aromatic rings. The summed E-state index contributed by atoms with van der Waals surface area (Å²) in [5, 5.41) is 3.54. The van der Waals surface area contributed by atoms with E-state index in [0.717, 1.165) is 18.5 Å². The van der Waals surface area contributed by atoms with E-state index in [1.165, 1.54) is 17.7 Å². The lowest BCUT2D eigenvalue weighted by Gasteiger charge is -2.06. The highest BCUT2D eigenvalue weighted by Crippen LogP contribution is 2.30. The van der Waals surface area contributed by atoms with Gasteiger partial charge in [0.15, 0.2) is 5.13 Å². The Morgan fingerprint density at radius 3 is 3.00 bits per heavy atom. The Balaban J connectivity index is 1.80. The number of rotatable bonds is 2. The third kappa shape index (κ3) is 2.69. The minimum Gasteiger partial charge on any atom is -0.298 e. The van der Waals surface area contributed by atoms with E-state index in [1.807, 2.05) is 0 Å². The Kier molecular flexibility index (Phi) is 3.61. The average molecular weight is 338 g/mol. The molecule has 98 valence electrons. The number of aromatic nitrogens is 2. The van der Waals surface area contributed by atoms with Crippen LogP contribution in [0.25, 0.3) is 0 Å². The fraction of sp³-hybridized carbons (Fsp3) is 0.308. The van der Waals surface area contributed by atoms with Crippen molar-refractivity contribution in [2.24, 2.45) is 0 Å². The molecule has 0 saturated carbocycles. The number of fused-ring (bicyclic) bond motifs is 1. The summed E-state index contributed by atoms with van der Waals surface area (Å²) in [6.07, 6.45) is 6.16. The van der Waals surface area contributed by atoms with Crippen LogP contribution in [0.3, 0.4) is 0 Å². The number of halogens is 1. The van der Waals surface area contributed by atoms with Crippen molar-refractivity contribution in [3.63, 3.8) is 0 Å². The van der Waals surface area contributed by atoms with Crippen molar-refractivity contribution in [1.29, 1.82) is 0 Å². The van der Waals surface area contributed by atoms with E-state index in [4.69, 9.17) is 0 Å². The predicted molar refractivity (Wildman–Crippen MR) is 78.6 cm³/mol. The number of nitrogens with one attached hydrogen (secondary N) is 1. The van der Waals surface area contributed by atoms with Crippen LogP contribution in [0.1, 0.15) is 33.8 Å². The van der Waals surface area contributed by atoms with Crippen LogP contribution in [0.2, 0.25) is 0 Å². The van der Waals surface area contributed by atoms with Crippen molar-refractivity contribution >= 4 is 38.3 Å². The predicted octanol–water partition coefficient (Wildman–Crippen LogP) is 3.43. The molecular weight excluding hydrogens is 326 g/mol. The van der Waals surface area contributed by atoms with Gasteiger partial charge in [-0.25, -0.2) is 9.97 Å². The molecule has 0 aromatic carbocycles. The molecule has 1 aliphatic rings. The van der Waals surface area contributed by atoms with Gasteiger partial charge in [-0.05, 0) is 53.7 Å². The Bertz CT molecular complexity index is 603. The zero-order chi connectivity index (χ0) is 13.2. The molecule has 1 N–H and O–H groups in total. The van der Waals surface area contributed by atoms with Crippen LogP contribution < -0.4 is 5.32 Å². The van der Waals surface area contributed by atoms with Gasteiger partial charge in [-0.3, -0.25) is 10.1 Å². The number of hydrogen-bond donors (Lipinski definition) is 1. The lowest BCUT2D eigenvalue weighted by molar-refractivity contribution is 0.102. The Morgan fingerprint density at radius 1 is 1.37 bits per heavy atom. The zero-order valence-electron chi connectivity index (χ0n) is 10.1. The molecule has 19 heavy (non-hydrogen) atoms. The van der Waals surface area contributed by atoms with E-state index < -0.39 is 0 Å². The van der Waals surface area contributed by atoms with Crippen molar-refractivity contribution in [2.45, 2.75) is 25.7 Å². The molecule has 2 heterocycles. The quantitative estimate of drug-likeness (QED) is 0.854. The third-order valence-electron chi connectivity index (χ3n) is 3.07. The topological polar surface area (TPSA) is 54.9 Å². The first-order chi connectivity index (χ1) is 9.24. The summed E-state index contributed by atoms with van der Waals surface area (Å²) in [6, 6.07) is 3.48. The lowest BCUT2D eigenvalue weighted by Crippen LogP contribution is -2.12. The van der Waals surface area contributed by atoms with Crippen LogP contribution >= 0.6 is 27.3 Å². The van der Waals surface area contributed by atoms with Gasteiger partial charge >= 0.3 is 0 Å². The second-order valence-electron chi connectivity index (χ2n) is 4.39. The molecule has 0 atom stereocenters. The maximum absolute atomic E-state index is 12.1. The van der Waals surface area contributed by atoms with E-state index >= 15 is 0 Å². The molecule has 1 aliphatic carbocycles. The first kappa shape index (κ1) is 12.7. The molecule has 0 saturated heterocycles. The summed E-state index contributed by atoms with van der Waals surface area (Å²) in [7, 11) is 0. The van der Waals surface area contributed by atoms with Crippen molar-refractivity contribution in [1.82, 2.24) is 9.97 Å². The molecule has 0 unspecified atom stereocenters. The third-order valence-corrected chi connectivity index (χ3v) is 4.77. The van der Waals surface area contributed by atoms with Crippen LogP contribution in [0.4, 0.5) is 5.13 Å². The van der Waals surface area contributed by atoms with Gasteiger partial charge in [-0.1, -0.05) is 0 Å². The molecule has 0 bridgehead atoms. The molecule has 6 heteroatoms. The molecule has 2 aromatic heterocycles. The van der Waals surface area contributed by atoms with Crippen molar-refractivity contribution in [3.05, 3.63) is 39.1 Å². The second-order valence-corrected chi connectivity index (χ2v) is 6.23.